The average molecular weight is 491 g/mol. The fraction of sp³-hybridized carbons (Fsp3) is 0.292. The van der Waals surface area contributed by atoms with Gasteiger partial charge in [0.05, 0.1) is 22.0 Å². The van der Waals surface area contributed by atoms with Gasteiger partial charge in [-0.2, -0.15) is 5.10 Å². The van der Waals surface area contributed by atoms with Gasteiger partial charge in [-0.25, -0.2) is 28.8 Å². The lowest BCUT2D eigenvalue weighted by molar-refractivity contribution is 0.251. The van der Waals surface area contributed by atoms with Gasteiger partial charge in [-0.15, -0.1) is 0 Å². The van der Waals surface area contributed by atoms with E-state index < -0.39 is 0 Å². The molecule has 4 aromatic rings. The Labute approximate surface area is 204 Å². The number of carbonyl (C=O) groups excluding carboxylic acids is 1. The van der Waals surface area contributed by atoms with Gasteiger partial charge in [-0.1, -0.05) is 23.5 Å². The Morgan fingerprint density at radius 2 is 2.09 bits per heavy atom. The van der Waals surface area contributed by atoms with Crippen LogP contribution in [0.5, 0.6) is 0 Å². The molecule has 1 fully saturated rings. The molecule has 0 bridgehead atoms. The summed E-state index contributed by atoms with van der Waals surface area (Å²) < 4.78 is 16.5. The van der Waals surface area contributed by atoms with Gasteiger partial charge in [0.2, 0.25) is 0 Å². The number of halogens is 1. The smallest absolute Gasteiger partial charge is 0.321 e. The maximum absolute atomic E-state index is 14.9. The van der Waals surface area contributed by atoms with E-state index in [0.717, 1.165) is 52.5 Å². The normalized spacial score (nSPS) is 16.5. The molecule has 178 valence electrons. The minimum atomic E-state index is -0.372. The highest BCUT2D eigenvalue weighted by molar-refractivity contribution is 7.19. The van der Waals surface area contributed by atoms with E-state index in [9.17, 15) is 9.18 Å². The van der Waals surface area contributed by atoms with Crippen molar-refractivity contribution >= 4 is 22.5 Å². The van der Waals surface area contributed by atoms with Crippen molar-refractivity contribution in [2.45, 2.75) is 31.7 Å². The first kappa shape index (κ1) is 21.8. The molecule has 1 aliphatic carbocycles. The van der Waals surface area contributed by atoms with Crippen LogP contribution in [-0.4, -0.2) is 49.9 Å². The molecule has 1 unspecified atom stereocenters. The van der Waals surface area contributed by atoms with E-state index in [2.05, 4.69) is 30.9 Å². The van der Waals surface area contributed by atoms with Crippen LogP contribution in [0, 0.1) is 5.82 Å². The van der Waals surface area contributed by atoms with Gasteiger partial charge in [-0.05, 0) is 44.4 Å². The topological polar surface area (TPSA) is 110 Å². The number of benzene rings is 1. The second-order valence-corrected chi connectivity index (χ2v) is 9.59. The Kier molecular flexibility index (Phi) is 5.71. The molecule has 0 saturated carbocycles. The fourth-order valence-corrected chi connectivity index (χ4v) is 5.73. The molecule has 0 spiro atoms. The average Bonchev–Trinajstić information content (AvgIpc) is 3.62. The molecule has 1 aliphatic heterocycles. The fourth-order valence-electron chi connectivity index (χ4n) is 4.66. The van der Waals surface area contributed by atoms with Crippen molar-refractivity contribution < 1.29 is 9.18 Å². The van der Waals surface area contributed by atoms with Crippen LogP contribution >= 0.6 is 11.3 Å². The van der Waals surface area contributed by atoms with Crippen LogP contribution < -0.4 is 16.0 Å². The number of nitrogens with zero attached hydrogens (tertiary/aromatic N) is 5. The summed E-state index contributed by atoms with van der Waals surface area (Å²) in [5.41, 5.74) is 4.48. The van der Waals surface area contributed by atoms with Gasteiger partial charge >= 0.3 is 6.03 Å². The minimum Gasteiger partial charge on any atom is -0.336 e. The zero-order valence-electron chi connectivity index (χ0n) is 18.8. The number of thiazole rings is 1. The SMILES string of the molecule is O=C(NCC1CCCN1)Nc1nc2c(s1)-c1c(c(-c3cncnc3)nn1-c1ccccc1F)CC2. The number of para-hydroxylation sites is 1. The van der Waals surface area contributed by atoms with E-state index in [1.54, 1.807) is 35.3 Å². The highest BCUT2D eigenvalue weighted by Gasteiger charge is 2.31. The molecule has 35 heavy (non-hydrogen) atoms. The maximum Gasteiger partial charge on any atom is 0.321 e. The number of amides is 2. The minimum absolute atomic E-state index is 0.283. The number of nitrogens with one attached hydrogen (secondary N) is 3. The summed E-state index contributed by atoms with van der Waals surface area (Å²) in [6.07, 6.45) is 8.45. The van der Waals surface area contributed by atoms with Crippen LogP contribution in [0.1, 0.15) is 24.1 Å². The van der Waals surface area contributed by atoms with E-state index in [4.69, 9.17) is 5.10 Å². The largest absolute Gasteiger partial charge is 0.336 e. The molecule has 1 aromatic carbocycles. The Balaban J connectivity index is 1.36. The Morgan fingerprint density at radius 3 is 2.89 bits per heavy atom. The van der Waals surface area contributed by atoms with Crippen molar-refractivity contribution in [3.8, 4) is 27.5 Å². The Morgan fingerprint density at radius 1 is 1.23 bits per heavy atom. The van der Waals surface area contributed by atoms with E-state index in [1.165, 1.54) is 23.7 Å². The lowest BCUT2D eigenvalue weighted by atomic mass is 9.96. The van der Waals surface area contributed by atoms with Gasteiger partial charge < -0.3 is 10.6 Å². The van der Waals surface area contributed by atoms with Gasteiger partial charge in [-0.3, -0.25) is 5.32 Å². The van der Waals surface area contributed by atoms with Crippen molar-refractivity contribution in [3.63, 3.8) is 0 Å². The number of rotatable bonds is 5. The number of carbonyl (C=O) groups is 1. The second-order valence-electron chi connectivity index (χ2n) is 8.59. The van der Waals surface area contributed by atoms with Crippen molar-refractivity contribution in [2.24, 2.45) is 0 Å². The number of aryl methyl sites for hydroxylation is 1. The standard InChI is InChI=1S/C24H23FN8OS/c25-17-5-1-2-6-19(17)33-21-16(20(32-33)14-10-26-13-27-11-14)7-8-18-22(21)35-24(30-18)31-23(34)29-12-15-4-3-9-28-15/h1-2,5-6,10-11,13,15,28H,3-4,7-9,12H2,(H2,29,30,31,34). The lowest BCUT2D eigenvalue weighted by Crippen LogP contribution is -2.39. The third-order valence-electron chi connectivity index (χ3n) is 6.31. The van der Waals surface area contributed by atoms with Crippen LogP contribution in [-0.2, 0) is 12.8 Å². The molecule has 3 aromatic heterocycles. The lowest BCUT2D eigenvalue weighted by Gasteiger charge is -2.14. The molecule has 4 heterocycles. The van der Waals surface area contributed by atoms with E-state index in [1.807, 2.05) is 0 Å². The molecular weight excluding hydrogens is 467 g/mol. The van der Waals surface area contributed by atoms with Crippen molar-refractivity contribution in [2.75, 3.05) is 18.4 Å². The number of urea groups is 1. The summed E-state index contributed by atoms with van der Waals surface area (Å²) in [5, 5.41) is 14.5. The molecule has 2 aliphatic rings. The number of aromatic nitrogens is 5. The zero-order chi connectivity index (χ0) is 23.8. The first-order valence-corrected chi connectivity index (χ1v) is 12.4. The molecular formula is C24H23FN8OS. The number of hydrogen-bond donors (Lipinski definition) is 3. The number of fused-ring (bicyclic) bond motifs is 3. The van der Waals surface area contributed by atoms with Gasteiger partial charge in [0.25, 0.3) is 0 Å². The van der Waals surface area contributed by atoms with Crippen molar-refractivity contribution in [3.05, 3.63) is 60.1 Å². The predicted molar refractivity (Wildman–Crippen MR) is 131 cm³/mol. The van der Waals surface area contributed by atoms with Gasteiger partial charge in [0.15, 0.2) is 5.13 Å². The molecule has 1 atom stereocenters. The first-order chi connectivity index (χ1) is 17.2. The van der Waals surface area contributed by atoms with Crippen molar-refractivity contribution in [1.29, 1.82) is 0 Å². The molecule has 11 heteroatoms. The molecule has 3 N–H and O–H groups in total. The first-order valence-electron chi connectivity index (χ1n) is 11.6. The molecule has 2 amide bonds. The molecule has 6 rings (SSSR count). The van der Waals surface area contributed by atoms with Crippen LogP contribution in [0.3, 0.4) is 0 Å². The molecule has 9 nitrogen and oxygen atoms in total. The van der Waals surface area contributed by atoms with E-state index >= 15 is 0 Å². The van der Waals surface area contributed by atoms with Crippen LogP contribution in [0.25, 0.3) is 27.5 Å². The van der Waals surface area contributed by atoms with Gasteiger partial charge in [0, 0.05) is 36.1 Å². The van der Waals surface area contributed by atoms with Crippen LogP contribution in [0.2, 0.25) is 0 Å². The van der Waals surface area contributed by atoms with E-state index in [0.29, 0.717) is 36.2 Å². The predicted octanol–water partition coefficient (Wildman–Crippen LogP) is 3.56. The highest BCUT2D eigenvalue weighted by Crippen LogP contribution is 2.44. The summed E-state index contributed by atoms with van der Waals surface area (Å²) in [7, 11) is 0. The van der Waals surface area contributed by atoms with E-state index in [-0.39, 0.29) is 11.8 Å². The third-order valence-corrected chi connectivity index (χ3v) is 7.33. The van der Waals surface area contributed by atoms with Gasteiger partial charge in [0.1, 0.15) is 17.8 Å². The summed E-state index contributed by atoms with van der Waals surface area (Å²) in [6, 6.07) is 6.58. The number of hydrogen-bond acceptors (Lipinski definition) is 7. The van der Waals surface area contributed by atoms with Crippen LogP contribution in [0.15, 0.2) is 43.0 Å². The summed E-state index contributed by atoms with van der Waals surface area (Å²) in [6.45, 7) is 1.56. The quantitative estimate of drug-likeness (QED) is 0.395. The molecule has 1 saturated heterocycles. The van der Waals surface area contributed by atoms with Crippen LogP contribution in [0.4, 0.5) is 14.3 Å². The Bertz CT molecular complexity index is 1380. The Hall–Kier alpha value is -3.70. The zero-order valence-corrected chi connectivity index (χ0v) is 19.6. The monoisotopic (exact) mass is 490 g/mol. The number of anilines is 1. The maximum atomic E-state index is 14.9. The third kappa shape index (κ3) is 4.17. The summed E-state index contributed by atoms with van der Waals surface area (Å²) in [5.74, 6) is -0.372. The summed E-state index contributed by atoms with van der Waals surface area (Å²) in [4.78, 5) is 26.3. The summed E-state index contributed by atoms with van der Waals surface area (Å²) >= 11 is 1.37. The highest BCUT2D eigenvalue weighted by atomic mass is 32.1. The molecule has 0 radical (unpaired) electrons. The second kappa shape index (κ2) is 9.16. The van der Waals surface area contributed by atoms with Crippen molar-refractivity contribution in [1.82, 2.24) is 35.4 Å².